The normalized spacial score (nSPS) is 18.0. The van der Waals surface area contributed by atoms with E-state index in [0.717, 1.165) is 42.0 Å². The number of rotatable bonds is 1. The number of nitrogens with one attached hydrogen (secondary N) is 2. The molecule has 1 aliphatic heterocycles. The van der Waals surface area contributed by atoms with Crippen LogP contribution in [0.4, 0.5) is 16.2 Å². The van der Waals surface area contributed by atoms with Gasteiger partial charge in [0.2, 0.25) is 0 Å². The van der Waals surface area contributed by atoms with Crippen molar-refractivity contribution in [1.82, 2.24) is 9.80 Å². The summed E-state index contributed by atoms with van der Waals surface area (Å²) in [4.78, 5) is 15.1. The molecule has 1 aromatic rings. The van der Waals surface area contributed by atoms with Crippen LogP contribution in [0.1, 0.15) is 6.42 Å². The monoisotopic (exact) mass is 418 g/mol. The van der Waals surface area contributed by atoms with Gasteiger partial charge in [0.25, 0.3) is 0 Å². The molecule has 0 radical (unpaired) electrons. The molecule has 0 aromatic heterocycles. The zero-order valence-electron chi connectivity index (χ0n) is 12.6. The quantitative estimate of drug-likeness (QED) is 0.372. The fraction of sp³-hybridized carbons (Fsp3) is 0.533. The summed E-state index contributed by atoms with van der Waals surface area (Å²) in [5.74, 6) is 0. The molecular weight excluding hydrogens is 395 g/mol. The first kappa shape index (κ1) is 17.1. The Balaban J connectivity index is 2.08. The van der Waals surface area contributed by atoms with Crippen LogP contribution in [0, 0.1) is 0 Å². The van der Waals surface area contributed by atoms with E-state index < -0.39 is 6.09 Å². The Bertz CT molecular complexity index is 486. The molecule has 0 bridgehead atoms. The second-order valence-corrected chi connectivity index (χ2v) is 5.94. The lowest BCUT2D eigenvalue weighted by Gasteiger charge is -2.22. The number of carbonyl (C=O) groups is 1. The van der Waals surface area contributed by atoms with Gasteiger partial charge in [-0.05, 0) is 18.6 Å². The Morgan fingerprint density at radius 1 is 1.09 bits per heavy atom. The molecule has 0 saturated heterocycles. The molecule has 122 valence electrons. The molecule has 2 rings (SSSR count). The van der Waals surface area contributed by atoms with E-state index in [0.29, 0.717) is 19.6 Å². The Morgan fingerprint density at radius 3 is 2.32 bits per heavy atom. The topological polar surface area (TPSA) is 67.8 Å². The maximum atomic E-state index is 11.3. The van der Waals surface area contributed by atoms with Gasteiger partial charge in [-0.25, -0.2) is 4.79 Å². The summed E-state index contributed by atoms with van der Waals surface area (Å²) in [5, 5.41) is 16.1. The van der Waals surface area contributed by atoms with Crippen molar-refractivity contribution in [2.24, 2.45) is 0 Å². The second-order valence-electron chi connectivity index (χ2n) is 5.26. The first-order chi connectivity index (χ1) is 10.7. The lowest BCUT2D eigenvalue weighted by molar-refractivity contribution is 0.144. The zero-order valence-corrected chi connectivity index (χ0v) is 14.8. The largest absolute Gasteiger partial charge is 0.465 e. The fourth-order valence-corrected chi connectivity index (χ4v) is 3.17. The van der Waals surface area contributed by atoms with Crippen LogP contribution in [0.3, 0.4) is 0 Å². The molecule has 1 amide bonds. The predicted molar refractivity (Wildman–Crippen MR) is 98.1 cm³/mol. The summed E-state index contributed by atoms with van der Waals surface area (Å²) in [6.07, 6.45) is 0.0199. The predicted octanol–water partition coefficient (Wildman–Crippen LogP) is 2.59. The number of hydrogen-bond acceptors (Lipinski definition) is 4. The molecule has 0 unspecified atom stereocenters. The molecule has 0 spiro atoms. The number of hydrogen-bond donors (Lipinski definition) is 3. The third-order valence-electron chi connectivity index (χ3n) is 3.71. The summed E-state index contributed by atoms with van der Waals surface area (Å²) in [5.41, 5.74) is 2.09. The first-order valence-electron chi connectivity index (χ1n) is 7.53. The van der Waals surface area contributed by atoms with Gasteiger partial charge in [0.1, 0.15) is 0 Å². The molecule has 1 aliphatic rings. The van der Waals surface area contributed by atoms with E-state index in [1.807, 2.05) is 24.3 Å². The van der Waals surface area contributed by atoms with Gasteiger partial charge in [0.15, 0.2) is 0 Å². The standard InChI is InChI=1S/C15H23IN4O2/c16-12-19-8-3-9-20(15(21)22)11-7-18-14-5-2-1-4-13(14)17-6-10-19/h1-2,4-5,17-18H,3,6-12H2,(H,21,22). The lowest BCUT2D eigenvalue weighted by Crippen LogP contribution is -2.36. The van der Waals surface area contributed by atoms with Crippen LogP contribution in [0.5, 0.6) is 0 Å². The number of alkyl halides is 1. The summed E-state index contributed by atoms with van der Waals surface area (Å²) in [7, 11) is 0. The Labute approximate surface area is 145 Å². The van der Waals surface area contributed by atoms with E-state index in [2.05, 4.69) is 38.1 Å². The van der Waals surface area contributed by atoms with Crippen LogP contribution in [-0.2, 0) is 0 Å². The van der Waals surface area contributed by atoms with Crippen LogP contribution in [0.25, 0.3) is 0 Å². The number of fused-ring (bicyclic) bond motifs is 1. The van der Waals surface area contributed by atoms with E-state index in [1.165, 1.54) is 4.90 Å². The maximum Gasteiger partial charge on any atom is 0.407 e. The third-order valence-corrected chi connectivity index (χ3v) is 4.67. The van der Waals surface area contributed by atoms with Crippen molar-refractivity contribution in [2.75, 3.05) is 54.5 Å². The molecule has 6 nitrogen and oxygen atoms in total. The van der Waals surface area contributed by atoms with Gasteiger partial charge in [0, 0.05) is 39.3 Å². The average molecular weight is 418 g/mol. The van der Waals surface area contributed by atoms with Crippen LogP contribution < -0.4 is 10.6 Å². The Morgan fingerprint density at radius 2 is 1.73 bits per heavy atom. The molecule has 1 aromatic carbocycles. The molecule has 1 heterocycles. The van der Waals surface area contributed by atoms with Crippen molar-refractivity contribution in [2.45, 2.75) is 6.42 Å². The van der Waals surface area contributed by atoms with Crippen molar-refractivity contribution in [3.05, 3.63) is 24.3 Å². The van der Waals surface area contributed by atoms with E-state index in [-0.39, 0.29) is 0 Å². The number of amides is 1. The van der Waals surface area contributed by atoms with Crippen molar-refractivity contribution >= 4 is 40.1 Å². The van der Waals surface area contributed by atoms with Gasteiger partial charge in [0.05, 0.1) is 15.9 Å². The number of carboxylic acid groups (broad SMARTS) is 1. The summed E-state index contributed by atoms with van der Waals surface area (Å²) < 4.78 is 0.951. The van der Waals surface area contributed by atoms with Crippen LogP contribution in [0.15, 0.2) is 24.3 Å². The molecule has 22 heavy (non-hydrogen) atoms. The van der Waals surface area contributed by atoms with Gasteiger partial charge in [-0.3, -0.25) is 4.90 Å². The Hall–Kier alpha value is -1.22. The smallest absolute Gasteiger partial charge is 0.407 e. The zero-order chi connectivity index (χ0) is 15.8. The Kier molecular flexibility index (Phi) is 7.04. The van der Waals surface area contributed by atoms with Crippen LogP contribution >= 0.6 is 22.6 Å². The number of nitrogens with zero attached hydrogens (tertiary/aromatic N) is 2. The van der Waals surface area contributed by atoms with Gasteiger partial charge in [-0.1, -0.05) is 34.7 Å². The van der Waals surface area contributed by atoms with Crippen molar-refractivity contribution < 1.29 is 9.90 Å². The molecule has 0 aliphatic carbocycles. The van der Waals surface area contributed by atoms with E-state index in [1.54, 1.807) is 0 Å². The number of anilines is 2. The molecule has 0 fully saturated rings. The second kappa shape index (κ2) is 9.04. The molecule has 0 saturated carbocycles. The van der Waals surface area contributed by atoms with E-state index >= 15 is 0 Å². The van der Waals surface area contributed by atoms with Crippen LogP contribution in [-0.4, -0.2) is 64.8 Å². The number of benzene rings is 1. The summed E-state index contributed by atoms with van der Waals surface area (Å²) >= 11 is 2.36. The maximum absolute atomic E-state index is 11.3. The van der Waals surface area contributed by atoms with Crippen molar-refractivity contribution in [1.29, 1.82) is 0 Å². The summed E-state index contributed by atoms with van der Waals surface area (Å²) in [6.45, 7) is 4.44. The molecule has 3 N–H and O–H groups in total. The van der Waals surface area contributed by atoms with Gasteiger partial charge in [-0.2, -0.15) is 0 Å². The molecule has 7 heteroatoms. The van der Waals surface area contributed by atoms with Gasteiger partial charge >= 0.3 is 6.09 Å². The minimum atomic E-state index is -0.843. The van der Waals surface area contributed by atoms with Crippen LogP contribution in [0.2, 0.25) is 0 Å². The van der Waals surface area contributed by atoms with E-state index in [9.17, 15) is 9.90 Å². The molecular formula is C15H23IN4O2. The average Bonchev–Trinajstić information content (AvgIpc) is 2.53. The third kappa shape index (κ3) is 5.20. The highest BCUT2D eigenvalue weighted by Crippen LogP contribution is 2.20. The highest BCUT2D eigenvalue weighted by molar-refractivity contribution is 14.1. The van der Waals surface area contributed by atoms with E-state index in [4.69, 9.17) is 0 Å². The minimum Gasteiger partial charge on any atom is -0.465 e. The number of para-hydroxylation sites is 2. The van der Waals surface area contributed by atoms with Gasteiger partial charge < -0.3 is 20.6 Å². The van der Waals surface area contributed by atoms with Gasteiger partial charge in [-0.15, -0.1) is 0 Å². The van der Waals surface area contributed by atoms with Crippen molar-refractivity contribution in [3.8, 4) is 0 Å². The molecule has 0 atom stereocenters. The van der Waals surface area contributed by atoms with Crippen molar-refractivity contribution in [3.63, 3.8) is 0 Å². The highest BCUT2D eigenvalue weighted by atomic mass is 127. The summed E-state index contributed by atoms with van der Waals surface area (Å²) in [6, 6.07) is 8.05. The first-order valence-corrected chi connectivity index (χ1v) is 9.06. The number of halogens is 1. The highest BCUT2D eigenvalue weighted by Gasteiger charge is 2.13. The SMILES string of the molecule is O=C(O)N1CCCN(CI)CCNc2ccccc2NCC1. The fourth-order valence-electron chi connectivity index (χ4n) is 2.49. The minimum absolute atomic E-state index is 0.494. The lowest BCUT2D eigenvalue weighted by atomic mass is 10.2.